The second-order valence-electron chi connectivity index (χ2n) is 8.91. The highest BCUT2D eigenvalue weighted by Gasteiger charge is 2.41. The van der Waals surface area contributed by atoms with Crippen LogP contribution < -0.4 is 9.64 Å². The summed E-state index contributed by atoms with van der Waals surface area (Å²) in [6, 6.07) is 21.9. The van der Waals surface area contributed by atoms with Crippen molar-refractivity contribution in [3.63, 3.8) is 0 Å². The lowest BCUT2D eigenvalue weighted by Gasteiger charge is -2.29. The van der Waals surface area contributed by atoms with E-state index in [1.165, 1.54) is 28.5 Å². The van der Waals surface area contributed by atoms with Crippen LogP contribution in [0.5, 0.6) is 5.75 Å². The van der Waals surface area contributed by atoms with E-state index in [1.807, 2.05) is 42.5 Å². The van der Waals surface area contributed by atoms with Crippen molar-refractivity contribution in [3.05, 3.63) is 88.9 Å². The molecule has 1 aliphatic heterocycles. The first-order valence-electron chi connectivity index (χ1n) is 12.3. The molecule has 10 heteroatoms. The number of hydrogen-bond acceptors (Lipinski definition) is 7. The van der Waals surface area contributed by atoms with E-state index in [-0.39, 0.29) is 19.7 Å². The number of benzene rings is 3. The Bertz CT molecular complexity index is 1320. The highest BCUT2D eigenvalue weighted by atomic mass is 35.5. The van der Waals surface area contributed by atoms with E-state index in [0.29, 0.717) is 16.5 Å². The van der Waals surface area contributed by atoms with Gasteiger partial charge in [-0.1, -0.05) is 54.1 Å². The summed E-state index contributed by atoms with van der Waals surface area (Å²) in [5, 5.41) is -0.0298. The average Bonchev–Trinajstić information content (AvgIpc) is 3.04. The highest BCUT2D eigenvalue weighted by Crippen LogP contribution is 2.47. The molecule has 1 aliphatic rings. The smallest absolute Gasteiger partial charge is 0.409 e. The average molecular weight is 569 g/mol. The van der Waals surface area contributed by atoms with Crippen LogP contribution in [0.15, 0.2) is 77.7 Å². The van der Waals surface area contributed by atoms with Crippen LogP contribution in [0.1, 0.15) is 23.3 Å². The van der Waals surface area contributed by atoms with Gasteiger partial charge >= 0.3 is 12.1 Å². The maximum atomic E-state index is 14.0. The van der Waals surface area contributed by atoms with E-state index >= 15 is 0 Å². The number of esters is 1. The summed E-state index contributed by atoms with van der Waals surface area (Å²) in [5.41, 5.74) is 2.28. The van der Waals surface area contributed by atoms with Crippen molar-refractivity contribution in [1.82, 2.24) is 4.90 Å². The molecule has 0 radical (unpaired) electrons. The Hall–Kier alpha value is -3.69. The van der Waals surface area contributed by atoms with Crippen molar-refractivity contribution in [2.45, 2.75) is 29.8 Å². The molecule has 2 atom stereocenters. The summed E-state index contributed by atoms with van der Waals surface area (Å²) in [5.74, 6) is -0.302. The lowest BCUT2D eigenvalue weighted by molar-refractivity contribution is -0.152. The Morgan fingerprint density at radius 2 is 1.77 bits per heavy atom. The zero-order valence-electron chi connectivity index (χ0n) is 21.8. The van der Waals surface area contributed by atoms with E-state index in [2.05, 4.69) is 0 Å². The normalized spacial score (nSPS) is 16.6. The van der Waals surface area contributed by atoms with Crippen LogP contribution >= 0.6 is 23.4 Å². The van der Waals surface area contributed by atoms with Gasteiger partial charge in [-0.25, -0.2) is 4.79 Å². The minimum Gasteiger partial charge on any atom is -0.497 e. The fourth-order valence-corrected chi connectivity index (χ4v) is 5.73. The molecular formula is C29H29ClN2O6S. The number of rotatable bonds is 8. The standard InChI is InChI=1S/C29H29ClN2O6S/c1-19(33)38-26-27(21-9-12-23(36-3)13-10-21)39-25-17-22(30)11-14-24(25)32(28(26)34)16-15-31(2)29(35)37-18-20-7-5-4-6-8-20/h4-14,17,26-27H,15-16,18H2,1-3H3/t26-,27+/m1/s1. The van der Waals surface area contributed by atoms with Crippen molar-refractivity contribution in [1.29, 1.82) is 0 Å². The molecule has 0 saturated carbocycles. The van der Waals surface area contributed by atoms with Crippen LogP contribution in [-0.2, 0) is 25.7 Å². The molecule has 3 aromatic rings. The van der Waals surface area contributed by atoms with E-state index in [1.54, 1.807) is 44.5 Å². The largest absolute Gasteiger partial charge is 0.497 e. The second kappa shape index (κ2) is 12.9. The van der Waals surface area contributed by atoms with E-state index in [0.717, 1.165) is 16.0 Å². The fraction of sp³-hybridized carbons (Fsp3) is 0.276. The van der Waals surface area contributed by atoms with Crippen LogP contribution in [0.2, 0.25) is 5.02 Å². The Morgan fingerprint density at radius 3 is 2.44 bits per heavy atom. The number of anilines is 1. The molecule has 204 valence electrons. The second-order valence-corrected chi connectivity index (χ2v) is 10.5. The Morgan fingerprint density at radius 1 is 1.05 bits per heavy atom. The van der Waals surface area contributed by atoms with Crippen LogP contribution in [-0.4, -0.2) is 56.2 Å². The van der Waals surface area contributed by atoms with Crippen molar-refractivity contribution in [2.24, 2.45) is 0 Å². The fourth-order valence-electron chi connectivity index (χ4n) is 4.13. The van der Waals surface area contributed by atoms with Gasteiger partial charge in [-0.05, 0) is 41.5 Å². The topological polar surface area (TPSA) is 85.4 Å². The predicted octanol–water partition coefficient (Wildman–Crippen LogP) is 5.73. The molecule has 2 amide bonds. The summed E-state index contributed by atoms with van der Waals surface area (Å²) >= 11 is 7.73. The molecule has 39 heavy (non-hydrogen) atoms. The SMILES string of the molecule is COc1ccc([C@@H]2Sc3cc(Cl)ccc3N(CCN(C)C(=O)OCc3ccccc3)C(=O)[C@@H]2OC(C)=O)cc1. The molecule has 3 aromatic carbocycles. The molecular weight excluding hydrogens is 540 g/mol. The van der Waals surface area contributed by atoms with Gasteiger partial charge in [0.2, 0.25) is 0 Å². The minimum absolute atomic E-state index is 0.142. The van der Waals surface area contributed by atoms with Gasteiger partial charge in [0.15, 0.2) is 6.10 Å². The Kier molecular flexibility index (Phi) is 9.37. The molecule has 1 heterocycles. The molecule has 8 nitrogen and oxygen atoms in total. The van der Waals surface area contributed by atoms with Crippen molar-refractivity contribution >= 4 is 47.0 Å². The van der Waals surface area contributed by atoms with Crippen molar-refractivity contribution < 1.29 is 28.6 Å². The van der Waals surface area contributed by atoms with Gasteiger partial charge in [0.1, 0.15) is 12.4 Å². The van der Waals surface area contributed by atoms with Gasteiger partial charge in [0.05, 0.1) is 18.0 Å². The summed E-state index contributed by atoms with van der Waals surface area (Å²) in [6.07, 6.45) is -1.62. The molecule has 0 unspecified atom stereocenters. The molecule has 0 aliphatic carbocycles. The zero-order chi connectivity index (χ0) is 27.9. The maximum absolute atomic E-state index is 14.0. The Balaban J connectivity index is 1.58. The van der Waals surface area contributed by atoms with Crippen molar-refractivity contribution in [2.75, 3.05) is 32.1 Å². The molecule has 0 N–H and O–H groups in total. The number of methoxy groups -OCH3 is 1. The van der Waals surface area contributed by atoms with E-state index in [9.17, 15) is 14.4 Å². The first-order valence-corrected chi connectivity index (χ1v) is 13.5. The molecule has 0 aromatic heterocycles. The summed E-state index contributed by atoms with van der Waals surface area (Å²) < 4.78 is 16.3. The number of halogens is 1. The highest BCUT2D eigenvalue weighted by molar-refractivity contribution is 7.99. The molecule has 0 fully saturated rings. The number of carbonyl (C=O) groups excluding carboxylic acids is 3. The third-order valence-corrected chi connectivity index (χ3v) is 7.75. The van der Waals surface area contributed by atoms with E-state index in [4.69, 9.17) is 25.8 Å². The van der Waals surface area contributed by atoms with Gasteiger partial charge < -0.3 is 24.0 Å². The summed E-state index contributed by atoms with van der Waals surface area (Å²) in [6.45, 7) is 1.76. The van der Waals surface area contributed by atoms with Gasteiger partial charge in [0, 0.05) is 37.0 Å². The number of carbonyl (C=O) groups is 3. The maximum Gasteiger partial charge on any atom is 0.409 e. The van der Waals surface area contributed by atoms with Gasteiger partial charge in [-0.2, -0.15) is 0 Å². The van der Waals surface area contributed by atoms with Crippen LogP contribution in [0.3, 0.4) is 0 Å². The molecule has 4 rings (SSSR count). The van der Waals surface area contributed by atoms with Crippen LogP contribution in [0.4, 0.5) is 10.5 Å². The minimum atomic E-state index is -1.11. The molecule has 0 spiro atoms. The van der Waals surface area contributed by atoms with Gasteiger partial charge in [-0.3, -0.25) is 9.59 Å². The quantitative estimate of drug-likeness (QED) is 0.321. The number of thioether (sulfide) groups is 1. The first-order chi connectivity index (χ1) is 18.8. The molecule has 0 bridgehead atoms. The lowest BCUT2D eigenvalue weighted by atomic mass is 10.1. The van der Waals surface area contributed by atoms with Crippen LogP contribution in [0, 0.1) is 0 Å². The third kappa shape index (κ3) is 7.04. The number of fused-ring (bicyclic) bond motifs is 1. The van der Waals surface area contributed by atoms with Crippen LogP contribution in [0.25, 0.3) is 0 Å². The molecule has 0 saturated heterocycles. The predicted molar refractivity (Wildman–Crippen MR) is 150 cm³/mol. The summed E-state index contributed by atoms with van der Waals surface area (Å²) in [7, 11) is 3.18. The van der Waals surface area contributed by atoms with Crippen molar-refractivity contribution in [3.8, 4) is 5.75 Å². The zero-order valence-corrected chi connectivity index (χ0v) is 23.4. The van der Waals surface area contributed by atoms with Gasteiger partial charge in [-0.15, -0.1) is 11.8 Å². The monoisotopic (exact) mass is 568 g/mol. The number of amides is 2. The number of likely N-dealkylation sites (N-methyl/N-ethyl adjacent to an activating group) is 1. The number of nitrogens with zero attached hydrogens (tertiary/aromatic N) is 2. The first kappa shape index (κ1) is 28.3. The summed E-state index contributed by atoms with van der Waals surface area (Å²) in [4.78, 5) is 42.4. The van der Waals surface area contributed by atoms with Gasteiger partial charge in [0.25, 0.3) is 5.91 Å². The third-order valence-electron chi connectivity index (χ3n) is 6.16. The Labute approximate surface area is 236 Å². The lowest BCUT2D eigenvalue weighted by Crippen LogP contribution is -2.46. The number of ether oxygens (including phenoxy) is 3. The number of hydrogen-bond donors (Lipinski definition) is 0. The van der Waals surface area contributed by atoms with E-state index < -0.39 is 29.3 Å².